The summed E-state index contributed by atoms with van der Waals surface area (Å²) in [4.78, 5) is 12.8. The van der Waals surface area contributed by atoms with Gasteiger partial charge >= 0.3 is 18.2 Å². The molecule has 0 saturated heterocycles. The van der Waals surface area contributed by atoms with Crippen LogP contribution in [-0.2, 0) is 9.74 Å². The van der Waals surface area contributed by atoms with E-state index in [2.05, 4.69) is 0 Å². The molecule has 0 heterocycles. The lowest BCUT2D eigenvalue weighted by atomic mass is 9.97. The zero-order valence-corrected chi connectivity index (χ0v) is 8.86. The average molecular weight is 289 g/mol. The van der Waals surface area contributed by atoms with E-state index in [-0.39, 0.29) is 4.90 Å². The minimum atomic E-state index is -6.38. The van der Waals surface area contributed by atoms with E-state index in [0.717, 1.165) is 0 Å². The lowest BCUT2D eigenvalue weighted by Crippen LogP contribution is -2.59. The van der Waals surface area contributed by atoms with Crippen LogP contribution in [0.15, 0.2) is 0 Å². The minimum Gasteiger partial charge on any atom is -0.348 e. The standard InChI is InChI=1S/C7H7F8NO2/c1-16(2)4(17)3(6(9,10)11)5(8,18-15)7(12,13)14/h3H,1-2H3. The van der Waals surface area contributed by atoms with E-state index in [1.165, 1.54) is 0 Å². The van der Waals surface area contributed by atoms with Crippen molar-refractivity contribution in [2.75, 3.05) is 14.1 Å². The summed E-state index contributed by atoms with van der Waals surface area (Å²) in [7, 11) is 1.30. The van der Waals surface area contributed by atoms with Crippen molar-refractivity contribution in [1.29, 1.82) is 0 Å². The molecule has 0 aliphatic carbocycles. The summed E-state index contributed by atoms with van der Waals surface area (Å²) in [6, 6.07) is 0. The fourth-order valence-corrected chi connectivity index (χ4v) is 1.02. The van der Waals surface area contributed by atoms with Crippen LogP contribution in [0, 0.1) is 5.92 Å². The first-order chi connectivity index (χ1) is 7.79. The molecule has 0 aromatic carbocycles. The number of halogens is 8. The van der Waals surface area contributed by atoms with Crippen LogP contribution in [0.4, 0.5) is 35.3 Å². The molecule has 0 bridgehead atoms. The highest BCUT2D eigenvalue weighted by atomic mass is 19.4. The minimum absolute atomic E-state index is 0.0389. The van der Waals surface area contributed by atoms with Gasteiger partial charge in [0.1, 0.15) is 0 Å². The number of alkyl halides is 7. The van der Waals surface area contributed by atoms with Crippen molar-refractivity contribution in [3.8, 4) is 0 Å². The van der Waals surface area contributed by atoms with Crippen LogP contribution in [0.2, 0.25) is 0 Å². The van der Waals surface area contributed by atoms with Gasteiger partial charge in [0.15, 0.2) is 0 Å². The molecule has 108 valence electrons. The lowest BCUT2D eigenvalue weighted by molar-refractivity contribution is -0.436. The van der Waals surface area contributed by atoms with E-state index in [1.807, 2.05) is 0 Å². The molecular formula is C7H7F8NO2. The predicted molar refractivity (Wildman–Crippen MR) is 40.3 cm³/mol. The molecule has 18 heavy (non-hydrogen) atoms. The van der Waals surface area contributed by atoms with Crippen LogP contribution in [0.1, 0.15) is 0 Å². The number of amides is 1. The van der Waals surface area contributed by atoms with Gasteiger partial charge in [-0.2, -0.15) is 30.7 Å². The van der Waals surface area contributed by atoms with Gasteiger partial charge in [-0.1, -0.05) is 0 Å². The Labute approximate surface area is 95.2 Å². The largest absolute Gasteiger partial charge is 0.452 e. The Morgan fingerprint density at radius 3 is 1.61 bits per heavy atom. The van der Waals surface area contributed by atoms with Gasteiger partial charge in [-0.15, -0.1) is 4.94 Å². The first-order valence-corrected chi connectivity index (χ1v) is 4.12. The van der Waals surface area contributed by atoms with Crippen LogP contribution in [0.3, 0.4) is 0 Å². The van der Waals surface area contributed by atoms with Crippen molar-refractivity contribution in [2.45, 2.75) is 18.2 Å². The summed E-state index contributed by atoms with van der Waals surface area (Å²) < 4.78 is 98.0. The Kier molecular flexibility index (Phi) is 4.56. The molecule has 3 nitrogen and oxygen atoms in total. The van der Waals surface area contributed by atoms with Crippen LogP contribution >= 0.6 is 0 Å². The van der Waals surface area contributed by atoms with Gasteiger partial charge in [-0.3, -0.25) is 4.79 Å². The second kappa shape index (κ2) is 4.86. The monoisotopic (exact) mass is 289 g/mol. The quantitative estimate of drug-likeness (QED) is 0.747. The van der Waals surface area contributed by atoms with E-state index in [0.29, 0.717) is 14.1 Å². The Hall–Kier alpha value is -1.13. The van der Waals surface area contributed by atoms with Gasteiger partial charge in [0.2, 0.25) is 11.8 Å². The molecule has 0 N–H and O–H groups in total. The topological polar surface area (TPSA) is 29.5 Å². The molecule has 0 aromatic rings. The van der Waals surface area contributed by atoms with Crippen molar-refractivity contribution < 1.29 is 45.0 Å². The van der Waals surface area contributed by atoms with E-state index in [1.54, 1.807) is 4.94 Å². The number of carbonyl (C=O) groups excluding carboxylic acids is 1. The Morgan fingerprint density at radius 1 is 1.06 bits per heavy atom. The summed E-state index contributed by atoms with van der Waals surface area (Å²) >= 11 is 0. The Bertz CT molecular complexity index is 312. The van der Waals surface area contributed by atoms with Crippen molar-refractivity contribution in [1.82, 2.24) is 4.90 Å². The molecule has 1 amide bonds. The second-order valence-electron chi connectivity index (χ2n) is 3.43. The molecule has 0 fully saturated rings. The zero-order chi connectivity index (χ0) is 14.9. The maximum atomic E-state index is 13.1. The molecule has 0 aliphatic rings. The zero-order valence-electron chi connectivity index (χ0n) is 8.86. The molecular weight excluding hydrogens is 282 g/mol. The highest BCUT2D eigenvalue weighted by Gasteiger charge is 2.74. The molecule has 11 heteroatoms. The molecule has 0 aromatic heterocycles. The van der Waals surface area contributed by atoms with Crippen LogP contribution in [0.5, 0.6) is 0 Å². The molecule has 0 rings (SSSR count). The highest BCUT2D eigenvalue weighted by Crippen LogP contribution is 2.48. The van der Waals surface area contributed by atoms with Gasteiger partial charge in [-0.05, 0) is 4.53 Å². The van der Waals surface area contributed by atoms with E-state index >= 15 is 0 Å². The van der Waals surface area contributed by atoms with E-state index in [4.69, 9.17) is 0 Å². The van der Waals surface area contributed by atoms with Crippen molar-refractivity contribution >= 4 is 5.91 Å². The van der Waals surface area contributed by atoms with Gasteiger partial charge < -0.3 is 4.90 Å². The summed E-state index contributed by atoms with van der Waals surface area (Å²) in [6.07, 6.45) is -12.4. The van der Waals surface area contributed by atoms with E-state index in [9.17, 15) is 40.1 Å². The number of rotatable bonds is 3. The molecule has 0 radical (unpaired) electrons. The van der Waals surface area contributed by atoms with Gasteiger partial charge in [0.25, 0.3) is 0 Å². The summed E-state index contributed by atoms with van der Waals surface area (Å²) in [5.74, 6) is -12.5. The molecule has 2 atom stereocenters. The van der Waals surface area contributed by atoms with Crippen LogP contribution in [0.25, 0.3) is 0 Å². The molecule has 2 unspecified atom stereocenters. The highest BCUT2D eigenvalue weighted by molar-refractivity contribution is 5.80. The van der Waals surface area contributed by atoms with Crippen LogP contribution in [-0.4, -0.2) is 43.1 Å². The lowest BCUT2D eigenvalue weighted by Gasteiger charge is -2.32. The maximum absolute atomic E-state index is 13.1. The fraction of sp³-hybridized carbons (Fsp3) is 0.857. The second-order valence-corrected chi connectivity index (χ2v) is 3.43. The smallest absolute Gasteiger partial charge is 0.348 e. The summed E-state index contributed by atoms with van der Waals surface area (Å²) in [6.45, 7) is 0. The third-order valence-corrected chi connectivity index (χ3v) is 1.89. The number of hydrogen-bond donors (Lipinski definition) is 0. The Balaban J connectivity index is 5.79. The van der Waals surface area contributed by atoms with Crippen LogP contribution < -0.4 is 0 Å². The van der Waals surface area contributed by atoms with Gasteiger partial charge in [0, 0.05) is 14.1 Å². The fourth-order valence-electron chi connectivity index (χ4n) is 1.02. The number of nitrogens with zero attached hydrogens (tertiary/aromatic N) is 1. The molecule has 0 saturated carbocycles. The van der Waals surface area contributed by atoms with Gasteiger partial charge in [0.05, 0.1) is 0 Å². The maximum Gasteiger partial charge on any atom is 0.452 e. The summed E-state index contributed by atoms with van der Waals surface area (Å²) in [5.41, 5.74) is 0. The third kappa shape index (κ3) is 3.00. The average Bonchev–Trinajstić information content (AvgIpc) is 2.13. The molecule has 0 spiro atoms. The number of carbonyl (C=O) groups is 1. The van der Waals surface area contributed by atoms with Crippen molar-refractivity contribution in [2.24, 2.45) is 5.92 Å². The SMILES string of the molecule is CN(C)C(=O)C(C(F)(F)F)C(F)(OF)C(F)(F)F. The third-order valence-electron chi connectivity index (χ3n) is 1.89. The summed E-state index contributed by atoms with van der Waals surface area (Å²) in [5, 5.41) is 0. The normalized spacial score (nSPS) is 18.1. The first kappa shape index (κ1) is 16.9. The number of hydrogen-bond acceptors (Lipinski definition) is 2. The molecule has 0 aliphatic heterocycles. The van der Waals surface area contributed by atoms with Crippen molar-refractivity contribution in [3.05, 3.63) is 0 Å². The van der Waals surface area contributed by atoms with E-state index < -0.39 is 30.0 Å². The first-order valence-electron chi connectivity index (χ1n) is 4.12. The predicted octanol–water partition coefficient (Wildman–Crippen LogP) is 2.38. The van der Waals surface area contributed by atoms with Crippen molar-refractivity contribution in [3.63, 3.8) is 0 Å². The Morgan fingerprint density at radius 2 is 1.44 bits per heavy atom. The van der Waals surface area contributed by atoms with Gasteiger partial charge in [-0.25, -0.2) is 0 Å².